The van der Waals surface area contributed by atoms with E-state index in [0.29, 0.717) is 31.1 Å². The molecule has 6 heteroatoms. The molecule has 2 aromatic carbocycles. The third-order valence-corrected chi connectivity index (χ3v) is 7.17. The number of nitrogens with zero attached hydrogens (tertiary/aromatic N) is 2. The van der Waals surface area contributed by atoms with Crippen LogP contribution in [0.5, 0.6) is 5.75 Å². The molecule has 0 saturated carbocycles. The van der Waals surface area contributed by atoms with Crippen LogP contribution in [0, 0.1) is 6.92 Å². The van der Waals surface area contributed by atoms with E-state index in [9.17, 15) is 8.42 Å². The van der Waals surface area contributed by atoms with Crippen molar-refractivity contribution in [3.8, 4) is 5.75 Å². The average molecular weight is 389 g/mol. The molecule has 0 N–H and O–H groups in total. The van der Waals surface area contributed by atoms with Gasteiger partial charge in [0.15, 0.2) is 0 Å². The van der Waals surface area contributed by atoms with E-state index in [1.165, 1.54) is 0 Å². The van der Waals surface area contributed by atoms with Crippen LogP contribution in [0.2, 0.25) is 0 Å². The number of hydrogen-bond acceptors (Lipinski definition) is 4. The second-order valence-electron chi connectivity index (χ2n) is 7.24. The van der Waals surface area contributed by atoms with Crippen molar-refractivity contribution < 1.29 is 13.2 Å². The Kier molecular flexibility index (Phi) is 5.77. The van der Waals surface area contributed by atoms with Gasteiger partial charge in [0.25, 0.3) is 0 Å². The summed E-state index contributed by atoms with van der Waals surface area (Å²) in [6.45, 7) is 8.27. The number of anilines is 1. The Morgan fingerprint density at radius 1 is 1.00 bits per heavy atom. The summed E-state index contributed by atoms with van der Waals surface area (Å²) in [6, 6.07) is 13.8. The Balaban J connectivity index is 1.84. The lowest BCUT2D eigenvalue weighted by molar-refractivity contribution is 0.384. The Labute approximate surface area is 162 Å². The van der Waals surface area contributed by atoms with Gasteiger partial charge < -0.3 is 9.64 Å². The zero-order chi connectivity index (χ0) is 19.6. The lowest BCUT2D eigenvalue weighted by Crippen LogP contribution is -2.48. The first kappa shape index (κ1) is 19.7. The second kappa shape index (κ2) is 7.90. The number of piperazine rings is 1. The summed E-state index contributed by atoms with van der Waals surface area (Å²) in [5.74, 6) is 0.930. The first-order valence-corrected chi connectivity index (χ1v) is 10.8. The molecule has 5 nitrogen and oxygen atoms in total. The van der Waals surface area contributed by atoms with Crippen molar-refractivity contribution in [2.75, 3.05) is 38.2 Å². The van der Waals surface area contributed by atoms with Crippen LogP contribution in [-0.2, 0) is 10.0 Å². The van der Waals surface area contributed by atoms with Crippen molar-refractivity contribution in [1.82, 2.24) is 4.31 Å². The van der Waals surface area contributed by atoms with Crippen LogP contribution in [0.4, 0.5) is 5.69 Å². The van der Waals surface area contributed by atoms with Gasteiger partial charge in [-0.15, -0.1) is 0 Å². The van der Waals surface area contributed by atoms with Gasteiger partial charge in [-0.3, -0.25) is 0 Å². The minimum Gasteiger partial charge on any atom is -0.496 e. The SMILES string of the molecule is COc1cc(C)c(S(=O)(=O)N2CCN(c3ccccc3)CC2)cc1C(C)C. The van der Waals surface area contributed by atoms with Gasteiger partial charge in [0.2, 0.25) is 10.0 Å². The molecule has 1 heterocycles. The van der Waals surface area contributed by atoms with E-state index < -0.39 is 10.0 Å². The number of para-hydroxylation sites is 1. The number of rotatable bonds is 5. The topological polar surface area (TPSA) is 49.9 Å². The maximum atomic E-state index is 13.3. The molecule has 3 rings (SSSR count). The molecule has 0 radical (unpaired) electrons. The van der Waals surface area contributed by atoms with E-state index in [1.54, 1.807) is 17.5 Å². The summed E-state index contributed by atoms with van der Waals surface area (Å²) in [5, 5.41) is 0. The van der Waals surface area contributed by atoms with Gasteiger partial charge in [0, 0.05) is 31.9 Å². The summed E-state index contributed by atoms with van der Waals surface area (Å²) in [5.41, 5.74) is 2.78. The Morgan fingerprint density at radius 2 is 1.63 bits per heavy atom. The Hall–Kier alpha value is -2.05. The van der Waals surface area contributed by atoms with E-state index in [4.69, 9.17) is 4.74 Å². The standard InChI is InChI=1S/C21H28N2O3S/c1-16(2)19-15-21(17(3)14-20(19)26-4)27(24,25)23-12-10-22(11-13-23)18-8-6-5-7-9-18/h5-9,14-16H,10-13H2,1-4H3. The van der Waals surface area contributed by atoms with Gasteiger partial charge in [-0.05, 0) is 48.2 Å². The zero-order valence-corrected chi connectivity index (χ0v) is 17.3. The van der Waals surface area contributed by atoms with Crippen molar-refractivity contribution in [3.05, 3.63) is 53.6 Å². The van der Waals surface area contributed by atoms with Crippen molar-refractivity contribution >= 4 is 15.7 Å². The number of hydrogen-bond donors (Lipinski definition) is 0. The number of sulfonamides is 1. The molecule has 0 spiro atoms. The molecule has 0 bridgehead atoms. The molecule has 1 fully saturated rings. The summed E-state index contributed by atoms with van der Waals surface area (Å²) in [6.07, 6.45) is 0. The molecule has 146 valence electrons. The maximum absolute atomic E-state index is 13.3. The molecule has 1 saturated heterocycles. The Morgan fingerprint density at radius 3 is 2.19 bits per heavy atom. The fourth-order valence-electron chi connectivity index (χ4n) is 3.55. The number of methoxy groups -OCH3 is 1. The molecule has 0 atom stereocenters. The number of ether oxygens (including phenoxy) is 1. The molecular formula is C21H28N2O3S. The van der Waals surface area contributed by atoms with Gasteiger partial charge in [-0.25, -0.2) is 8.42 Å². The predicted octanol–water partition coefficient (Wildman–Crippen LogP) is 3.64. The van der Waals surface area contributed by atoms with E-state index in [2.05, 4.69) is 17.0 Å². The van der Waals surface area contributed by atoms with Crippen LogP contribution in [-0.4, -0.2) is 46.0 Å². The van der Waals surface area contributed by atoms with Crippen LogP contribution >= 0.6 is 0 Å². The molecule has 1 aliphatic heterocycles. The van der Waals surface area contributed by atoms with Gasteiger partial charge >= 0.3 is 0 Å². The van der Waals surface area contributed by atoms with Crippen LogP contribution in [0.15, 0.2) is 47.4 Å². The number of benzene rings is 2. The molecule has 1 aliphatic rings. The van der Waals surface area contributed by atoms with E-state index in [0.717, 1.165) is 22.6 Å². The molecule has 0 unspecified atom stereocenters. The second-order valence-corrected chi connectivity index (χ2v) is 9.15. The highest BCUT2D eigenvalue weighted by atomic mass is 32.2. The number of aryl methyl sites for hydroxylation is 1. The zero-order valence-electron chi connectivity index (χ0n) is 16.5. The third kappa shape index (κ3) is 3.96. The quantitative estimate of drug-likeness (QED) is 0.785. The predicted molar refractivity (Wildman–Crippen MR) is 109 cm³/mol. The fraction of sp³-hybridized carbons (Fsp3) is 0.429. The monoisotopic (exact) mass is 388 g/mol. The van der Waals surface area contributed by atoms with E-state index >= 15 is 0 Å². The fourth-order valence-corrected chi connectivity index (χ4v) is 5.21. The summed E-state index contributed by atoms with van der Waals surface area (Å²) in [4.78, 5) is 2.62. The van der Waals surface area contributed by atoms with Gasteiger partial charge in [-0.1, -0.05) is 32.0 Å². The van der Waals surface area contributed by atoms with Crippen molar-refractivity contribution in [2.45, 2.75) is 31.6 Å². The van der Waals surface area contributed by atoms with Crippen LogP contribution in [0.25, 0.3) is 0 Å². The highest BCUT2D eigenvalue weighted by Gasteiger charge is 2.30. The first-order chi connectivity index (χ1) is 12.8. The highest BCUT2D eigenvalue weighted by Crippen LogP contribution is 2.33. The smallest absolute Gasteiger partial charge is 0.243 e. The van der Waals surface area contributed by atoms with Crippen LogP contribution in [0.3, 0.4) is 0 Å². The molecule has 2 aromatic rings. The molecule has 0 aromatic heterocycles. The lowest BCUT2D eigenvalue weighted by Gasteiger charge is -2.35. The van der Waals surface area contributed by atoms with Gasteiger partial charge in [0.05, 0.1) is 12.0 Å². The summed E-state index contributed by atoms with van der Waals surface area (Å²) < 4.78 is 33.6. The minimum absolute atomic E-state index is 0.185. The summed E-state index contributed by atoms with van der Waals surface area (Å²) >= 11 is 0. The average Bonchev–Trinajstić information content (AvgIpc) is 2.68. The molecule has 0 amide bonds. The van der Waals surface area contributed by atoms with Crippen LogP contribution in [0.1, 0.15) is 30.9 Å². The third-order valence-electron chi connectivity index (χ3n) is 5.13. The van der Waals surface area contributed by atoms with Crippen LogP contribution < -0.4 is 9.64 Å². The van der Waals surface area contributed by atoms with E-state index in [1.807, 2.05) is 45.0 Å². The van der Waals surface area contributed by atoms with Gasteiger partial charge in [0.1, 0.15) is 5.75 Å². The largest absolute Gasteiger partial charge is 0.496 e. The van der Waals surface area contributed by atoms with E-state index in [-0.39, 0.29) is 5.92 Å². The van der Waals surface area contributed by atoms with Crippen molar-refractivity contribution in [2.24, 2.45) is 0 Å². The van der Waals surface area contributed by atoms with Crippen molar-refractivity contribution in [1.29, 1.82) is 0 Å². The molecule has 0 aliphatic carbocycles. The lowest BCUT2D eigenvalue weighted by atomic mass is 10.0. The minimum atomic E-state index is -3.53. The van der Waals surface area contributed by atoms with Gasteiger partial charge in [-0.2, -0.15) is 4.31 Å². The molecular weight excluding hydrogens is 360 g/mol. The first-order valence-electron chi connectivity index (χ1n) is 9.33. The normalized spacial score (nSPS) is 16.0. The Bertz CT molecular complexity index is 887. The summed E-state index contributed by atoms with van der Waals surface area (Å²) in [7, 11) is -1.91. The highest BCUT2D eigenvalue weighted by molar-refractivity contribution is 7.89. The molecule has 27 heavy (non-hydrogen) atoms. The van der Waals surface area contributed by atoms with Crippen molar-refractivity contribution in [3.63, 3.8) is 0 Å². The maximum Gasteiger partial charge on any atom is 0.243 e.